The van der Waals surface area contributed by atoms with Gasteiger partial charge in [-0.05, 0) is 32.8 Å². The van der Waals surface area contributed by atoms with E-state index < -0.39 is 38.5 Å². The lowest BCUT2D eigenvalue weighted by Crippen LogP contribution is -2.57. The number of hydrogen-bond acceptors (Lipinski definition) is 9. The Hall–Kier alpha value is -2.75. The highest BCUT2D eigenvalue weighted by molar-refractivity contribution is 7.89. The van der Waals surface area contributed by atoms with Gasteiger partial charge in [0.25, 0.3) is 12.3 Å². The molecule has 2 fully saturated rings. The molecular formula is C20H23F2N7O4S2. The first kappa shape index (κ1) is 24.0. The molecule has 1 amide bonds. The molecule has 0 spiro atoms. The van der Waals surface area contributed by atoms with Crippen LogP contribution >= 0.6 is 11.3 Å². The summed E-state index contributed by atoms with van der Waals surface area (Å²) in [7, 11) is -3.94. The quantitative estimate of drug-likeness (QED) is 0.472. The molecular weight excluding hydrogens is 504 g/mol. The van der Waals surface area contributed by atoms with Crippen molar-refractivity contribution in [2.24, 2.45) is 5.73 Å². The van der Waals surface area contributed by atoms with Crippen molar-refractivity contribution >= 4 is 38.5 Å². The number of carbonyl (C=O) groups excluding carboxylic acids is 1. The number of primary amides is 1. The van der Waals surface area contributed by atoms with Crippen molar-refractivity contribution in [1.29, 1.82) is 0 Å². The van der Waals surface area contributed by atoms with Crippen LogP contribution in [0.1, 0.15) is 38.1 Å². The van der Waals surface area contributed by atoms with E-state index in [1.54, 1.807) is 11.8 Å². The topological polar surface area (TPSA) is 145 Å². The van der Waals surface area contributed by atoms with Crippen LogP contribution in [0.5, 0.6) is 0 Å². The van der Waals surface area contributed by atoms with E-state index >= 15 is 0 Å². The second-order valence-corrected chi connectivity index (χ2v) is 11.9. The summed E-state index contributed by atoms with van der Waals surface area (Å²) in [6, 6.07) is 1.51. The molecule has 0 radical (unpaired) electrons. The standard InChI is InChI=1S/C20H23F2N7O4S2/c1-19(3-4-19)27-35(31,32)11-7-12(28-5-6-33-20(2,10-28)18(23)30)13-8-24-15(29(13)9-11)17-26-25-16(34-17)14(21)22/h7-9,14,27H,3-6,10H2,1-2H3,(H2,23,30)/t20-/m0/s1. The summed E-state index contributed by atoms with van der Waals surface area (Å²) in [4.78, 5) is 18.1. The third-order valence-corrected chi connectivity index (χ3v) is 8.77. The summed E-state index contributed by atoms with van der Waals surface area (Å²) in [6.45, 7) is 4.03. The molecule has 188 valence electrons. The molecule has 15 heteroatoms. The van der Waals surface area contributed by atoms with Crippen molar-refractivity contribution in [3.63, 3.8) is 0 Å². The molecule has 1 saturated heterocycles. The summed E-state index contributed by atoms with van der Waals surface area (Å²) in [5.74, 6) is -0.473. The Balaban J connectivity index is 1.66. The van der Waals surface area contributed by atoms with Gasteiger partial charge in [0.05, 0.1) is 30.6 Å². The molecule has 4 heterocycles. The number of fused-ring (bicyclic) bond motifs is 1. The van der Waals surface area contributed by atoms with Gasteiger partial charge in [0, 0.05) is 18.3 Å². The smallest absolute Gasteiger partial charge is 0.291 e. The van der Waals surface area contributed by atoms with Crippen LogP contribution in [0.3, 0.4) is 0 Å². The minimum atomic E-state index is -3.94. The van der Waals surface area contributed by atoms with Crippen LogP contribution in [0, 0.1) is 0 Å². The second kappa shape index (κ2) is 8.15. The fourth-order valence-electron chi connectivity index (χ4n) is 3.92. The summed E-state index contributed by atoms with van der Waals surface area (Å²) in [5.41, 5.74) is 4.73. The number of pyridine rings is 1. The van der Waals surface area contributed by atoms with Crippen molar-refractivity contribution < 1.29 is 26.7 Å². The first-order valence-electron chi connectivity index (χ1n) is 10.8. The molecule has 1 saturated carbocycles. The largest absolute Gasteiger partial charge is 0.367 e. The van der Waals surface area contributed by atoms with E-state index in [1.165, 1.54) is 22.9 Å². The van der Waals surface area contributed by atoms with Crippen LogP contribution in [0.4, 0.5) is 14.5 Å². The van der Waals surface area contributed by atoms with Gasteiger partial charge >= 0.3 is 0 Å². The number of amides is 1. The number of sulfonamides is 1. The van der Waals surface area contributed by atoms with Crippen LogP contribution in [0.25, 0.3) is 16.3 Å². The number of halogens is 2. The van der Waals surface area contributed by atoms with E-state index in [2.05, 4.69) is 19.9 Å². The molecule has 1 atom stereocenters. The lowest BCUT2D eigenvalue weighted by atomic mass is 10.0. The van der Waals surface area contributed by atoms with Gasteiger partial charge < -0.3 is 15.4 Å². The van der Waals surface area contributed by atoms with E-state index in [0.29, 0.717) is 29.1 Å². The highest BCUT2D eigenvalue weighted by Gasteiger charge is 2.42. The fourth-order valence-corrected chi connectivity index (χ4v) is 6.10. The molecule has 3 aromatic heterocycles. The first-order chi connectivity index (χ1) is 16.4. The number of nitrogens with two attached hydrogens (primary N) is 1. The van der Waals surface area contributed by atoms with E-state index in [0.717, 1.165) is 12.8 Å². The average Bonchev–Trinajstić information content (AvgIpc) is 3.18. The zero-order chi connectivity index (χ0) is 25.2. The molecule has 1 aliphatic heterocycles. The number of nitrogens with zero attached hydrogens (tertiary/aromatic N) is 5. The number of rotatable bonds is 7. The minimum absolute atomic E-state index is 0.0433. The van der Waals surface area contributed by atoms with Gasteiger partial charge in [-0.3, -0.25) is 9.20 Å². The molecule has 1 aliphatic carbocycles. The molecule has 2 aliphatic rings. The van der Waals surface area contributed by atoms with Crippen LogP contribution in [-0.4, -0.2) is 64.7 Å². The van der Waals surface area contributed by atoms with Gasteiger partial charge in [-0.15, -0.1) is 10.2 Å². The Morgan fingerprint density at radius 1 is 1.31 bits per heavy atom. The summed E-state index contributed by atoms with van der Waals surface area (Å²) < 4.78 is 62.6. The van der Waals surface area contributed by atoms with Crippen LogP contribution in [-0.2, 0) is 19.6 Å². The van der Waals surface area contributed by atoms with E-state index in [1.807, 2.05) is 6.92 Å². The number of aromatic nitrogens is 4. The lowest BCUT2D eigenvalue weighted by molar-refractivity contribution is -0.142. The Morgan fingerprint density at radius 2 is 2.06 bits per heavy atom. The first-order valence-corrected chi connectivity index (χ1v) is 13.1. The highest BCUT2D eigenvalue weighted by atomic mass is 32.2. The van der Waals surface area contributed by atoms with Crippen LogP contribution in [0.15, 0.2) is 23.4 Å². The number of imidazole rings is 1. The predicted octanol–water partition coefficient (Wildman–Crippen LogP) is 1.70. The van der Waals surface area contributed by atoms with Crippen LogP contribution < -0.4 is 15.4 Å². The maximum Gasteiger partial charge on any atom is 0.291 e. The SMILES string of the molecule is CC1(NS(=O)(=O)c2cc(N3CCO[C@](C)(C(N)=O)C3)c3cnc(-c4nnc(C(F)F)s4)n3c2)CC1. The third kappa shape index (κ3) is 4.37. The van der Waals surface area contributed by atoms with Gasteiger partial charge in [-0.2, -0.15) is 0 Å². The Bertz CT molecular complexity index is 1420. The normalized spacial score (nSPS) is 22.1. The van der Waals surface area contributed by atoms with Crippen LogP contribution in [0.2, 0.25) is 0 Å². The van der Waals surface area contributed by atoms with Crippen molar-refractivity contribution in [3.8, 4) is 10.8 Å². The van der Waals surface area contributed by atoms with Gasteiger partial charge in [-0.25, -0.2) is 26.9 Å². The third-order valence-electron chi connectivity index (χ3n) is 6.24. The zero-order valence-electron chi connectivity index (χ0n) is 18.9. The lowest BCUT2D eigenvalue weighted by Gasteiger charge is -2.39. The molecule has 5 rings (SSSR count). The van der Waals surface area contributed by atoms with Gasteiger partial charge in [0.1, 0.15) is 4.90 Å². The number of ether oxygens (including phenoxy) is 1. The molecule has 11 nitrogen and oxygen atoms in total. The maximum absolute atomic E-state index is 13.3. The summed E-state index contributed by atoms with van der Waals surface area (Å²) in [5, 5.41) is 6.99. The molecule has 3 aromatic rings. The molecule has 0 unspecified atom stereocenters. The number of alkyl halides is 2. The predicted molar refractivity (Wildman–Crippen MR) is 123 cm³/mol. The summed E-state index contributed by atoms with van der Waals surface area (Å²) >= 11 is 0.677. The van der Waals surface area contributed by atoms with Crippen molar-refractivity contribution in [2.45, 2.75) is 49.2 Å². The highest BCUT2D eigenvalue weighted by Crippen LogP contribution is 2.38. The number of carbonyl (C=O) groups is 1. The number of anilines is 1. The van der Waals surface area contributed by atoms with E-state index in [9.17, 15) is 22.0 Å². The molecule has 0 aromatic carbocycles. The average molecular weight is 528 g/mol. The minimum Gasteiger partial charge on any atom is -0.367 e. The second-order valence-electron chi connectivity index (χ2n) is 9.18. The van der Waals surface area contributed by atoms with Crippen molar-refractivity contribution in [1.82, 2.24) is 24.3 Å². The van der Waals surface area contributed by atoms with E-state index in [-0.39, 0.29) is 28.9 Å². The molecule has 35 heavy (non-hydrogen) atoms. The number of hydrogen-bond donors (Lipinski definition) is 2. The van der Waals surface area contributed by atoms with Crippen molar-refractivity contribution in [3.05, 3.63) is 23.5 Å². The molecule has 0 bridgehead atoms. The zero-order valence-corrected chi connectivity index (χ0v) is 20.5. The van der Waals surface area contributed by atoms with Crippen molar-refractivity contribution in [2.75, 3.05) is 24.6 Å². The Labute approximate surface area is 203 Å². The molecule has 3 N–H and O–H groups in total. The monoisotopic (exact) mass is 527 g/mol. The maximum atomic E-state index is 13.3. The van der Waals surface area contributed by atoms with Gasteiger partial charge in [0.2, 0.25) is 10.0 Å². The fraction of sp³-hybridized carbons (Fsp3) is 0.500. The van der Waals surface area contributed by atoms with Gasteiger partial charge in [-0.1, -0.05) is 11.3 Å². The number of morpholine rings is 1. The van der Waals surface area contributed by atoms with Gasteiger partial charge in [0.15, 0.2) is 21.4 Å². The summed E-state index contributed by atoms with van der Waals surface area (Å²) in [6.07, 6.45) is 1.53. The number of nitrogens with one attached hydrogen (secondary N) is 1. The Kier molecular flexibility index (Phi) is 5.58. The van der Waals surface area contributed by atoms with E-state index in [4.69, 9.17) is 10.5 Å². The Morgan fingerprint density at radius 3 is 2.69 bits per heavy atom.